The first-order valence-corrected chi connectivity index (χ1v) is 9.76. The van der Waals surface area contributed by atoms with Gasteiger partial charge in [0.1, 0.15) is 14.9 Å². The molecule has 1 aromatic carbocycles. The molecule has 0 aliphatic rings. The van der Waals surface area contributed by atoms with Crippen molar-refractivity contribution in [3.63, 3.8) is 0 Å². The Morgan fingerprint density at radius 3 is 2.67 bits per heavy atom. The van der Waals surface area contributed by atoms with Gasteiger partial charge in [-0.3, -0.25) is 18.8 Å². The fraction of sp³-hybridized carbons (Fsp3) is 0.222. The van der Waals surface area contributed by atoms with Crippen LogP contribution in [0.2, 0.25) is 0 Å². The van der Waals surface area contributed by atoms with E-state index in [1.807, 2.05) is 44.2 Å². The highest BCUT2D eigenvalue weighted by Gasteiger charge is 2.18. The predicted octanol–water partition coefficient (Wildman–Crippen LogP) is 2.88. The average molecular weight is 400 g/mol. The summed E-state index contributed by atoms with van der Waals surface area (Å²) in [5, 5.41) is 15.0. The number of aromatic nitrogens is 4. The maximum Gasteiger partial charge on any atom is 0.291 e. The van der Waals surface area contributed by atoms with Gasteiger partial charge in [-0.25, -0.2) is 0 Å². The van der Waals surface area contributed by atoms with Crippen molar-refractivity contribution in [1.82, 2.24) is 18.7 Å². The molecule has 1 N–H and O–H groups in total. The number of aromatic hydroxyl groups is 1. The number of imidazole rings is 1. The summed E-state index contributed by atoms with van der Waals surface area (Å²) in [5.74, 6) is 0.0556. The molecular formula is C18H17N5O2S2. The monoisotopic (exact) mass is 399 g/mol. The highest BCUT2D eigenvalue weighted by atomic mass is 32.1. The van der Waals surface area contributed by atoms with Crippen molar-refractivity contribution in [2.45, 2.75) is 20.4 Å². The lowest BCUT2D eigenvalue weighted by atomic mass is 10.3. The quantitative estimate of drug-likeness (QED) is 0.538. The van der Waals surface area contributed by atoms with Crippen LogP contribution >= 0.6 is 23.6 Å². The molecule has 7 nitrogen and oxygen atoms in total. The molecule has 0 bridgehead atoms. The second kappa shape index (κ2) is 6.75. The van der Waals surface area contributed by atoms with E-state index in [1.54, 1.807) is 15.2 Å². The number of benzene rings is 1. The van der Waals surface area contributed by atoms with Crippen LogP contribution in [-0.4, -0.2) is 30.4 Å². The Hall–Kier alpha value is -2.78. The number of rotatable bonds is 3. The molecule has 0 saturated heterocycles. The molecule has 0 unspecified atom stereocenters. The lowest BCUT2D eigenvalue weighted by molar-refractivity contribution is 0.425. The number of hydrogen-bond donors (Lipinski definition) is 1. The largest absolute Gasteiger partial charge is 0.493 e. The van der Waals surface area contributed by atoms with Crippen molar-refractivity contribution in [3.05, 3.63) is 56.3 Å². The molecular weight excluding hydrogens is 382 g/mol. The molecule has 138 valence electrons. The fourth-order valence-electron chi connectivity index (χ4n) is 3.07. The Bertz CT molecular complexity index is 1350. The maximum absolute atomic E-state index is 13.2. The number of nitrogens with zero attached hydrogens (tertiary/aromatic N) is 5. The van der Waals surface area contributed by atoms with Crippen molar-refractivity contribution in [3.8, 4) is 11.6 Å². The zero-order valence-corrected chi connectivity index (χ0v) is 16.4. The standard InChI is InChI=1S/C18H17N5O2S2/c1-3-19-15-13-16(24)21(4-2)18(26)22(13)12-10-20-23(17(25)14(12)27-15)11-8-6-5-7-9-11/h5-10,24H,3-4H2,1-2H3. The molecule has 3 heterocycles. The van der Waals surface area contributed by atoms with Gasteiger partial charge in [0, 0.05) is 13.1 Å². The normalized spacial score (nSPS) is 12.3. The van der Waals surface area contributed by atoms with E-state index in [4.69, 9.17) is 12.2 Å². The number of hydrogen-bond acceptors (Lipinski definition) is 6. The first-order valence-electron chi connectivity index (χ1n) is 8.53. The molecule has 0 spiro atoms. The van der Waals surface area contributed by atoms with Crippen molar-refractivity contribution in [2.24, 2.45) is 4.99 Å². The summed E-state index contributed by atoms with van der Waals surface area (Å²) in [6, 6.07) is 9.24. The van der Waals surface area contributed by atoms with E-state index in [2.05, 4.69) is 10.1 Å². The fourth-order valence-corrected chi connectivity index (χ4v) is 4.56. The van der Waals surface area contributed by atoms with E-state index in [1.165, 1.54) is 16.0 Å². The van der Waals surface area contributed by atoms with Crippen LogP contribution in [0.1, 0.15) is 13.8 Å². The van der Waals surface area contributed by atoms with E-state index < -0.39 is 0 Å². The zero-order chi connectivity index (χ0) is 19.1. The third-order valence-electron chi connectivity index (χ3n) is 4.29. The minimum absolute atomic E-state index is 0.0556. The SMILES string of the molecule is CCN=c1sc2c(=O)n(-c3ccccc3)ncc2n2c(=S)n(CC)c(O)c12. The molecule has 9 heteroatoms. The molecule has 0 amide bonds. The number of fused-ring (bicyclic) bond motifs is 3. The molecule has 0 aliphatic carbocycles. The third-order valence-corrected chi connectivity index (χ3v) is 5.80. The second-order valence-corrected chi connectivity index (χ2v) is 7.19. The molecule has 3 aromatic heterocycles. The van der Waals surface area contributed by atoms with Crippen molar-refractivity contribution >= 4 is 39.3 Å². The van der Waals surface area contributed by atoms with Gasteiger partial charge >= 0.3 is 0 Å². The summed E-state index contributed by atoms with van der Waals surface area (Å²) < 4.78 is 6.14. The van der Waals surface area contributed by atoms with Crippen LogP contribution in [0.3, 0.4) is 0 Å². The van der Waals surface area contributed by atoms with Gasteiger partial charge in [0.05, 0.1) is 17.4 Å². The Labute approximate surface area is 163 Å². The molecule has 0 radical (unpaired) electrons. The van der Waals surface area contributed by atoms with Crippen molar-refractivity contribution < 1.29 is 5.11 Å². The third kappa shape index (κ3) is 2.62. The Kier molecular flexibility index (Phi) is 4.40. The lowest BCUT2D eigenvalue weighted by Gasteiger charge is -2.07. The van der Waals surface area contributed by atoms with E-state index >= 15 is 0 Å². The maximum atomic E-state index is 13.2. The molecule has 0 fully saturated rings. The van der Waals surface area contributed by atoms with E-state index in [9.17, 15) is 9.90 Å². The van der Waals surface area contributed by atoms with Crippen LogP contribution in [-0.2, 0) is 6.54 Å². The first-order chi connectivity index (χ1) is 13.1. The summed E-state index contributed by atoms with van der Waals surface area (Å²) in [4.78, 5) is 17.6. The van der Waals surface area contributed by atoms with E-state index in [-0.39, 0.29) is 11.4 Å². The first kappa shape index (κ1) is 17.6. The zero-order valence-electron chi connectivity index (χ0n) is 14.8. The number of para-hydroxylation sites is 1. The Morgan fingerprint density at radius 2 is 2.00 bits per heavy atom. The van der Waals surface area contributed by atoms with Gasteiger partial charge in [-0.1, -0.05) is 18.2 Å². The van der Waals surface area contributed by atoms with Crippen LogP contribution in [0.4, 0.5) is 0 Å². The summed E-state index contributed by atoms with van der Waals surface area (Å²) in [7, 11) is 0. The van der Waals surface area contributed by atoms with Gasteiger partial charge in [0.25, 0.3) is 5.56 Å². The van der Waals surface area contributed by atoms with Crippen LogP contribution in [0.5, 0.6) is 5.88 Å². The summed E-state index contributed by atoms with van der Waals surface area (Å²) >= 11 is 6.79. The van der Waals surface area contributed by atoms with Crippen molar-refractivity contribution in [2.75, 3.05) is 6.54 Å². The van der Waals surface area contributed by atoms with Gasteiger partial charge < -0.3 is 5.11 Å². The average Bonchev–Trinajstić information content (AvgIpc) is 2.94. The van der Waals surface area contributed by atoms with Gasteiger partial charge in [0.2, 0.25) is 5.88 Å². The minimum atomic E-state index is -0.246. The molecule has 4 aromatic rings. The van der Waals surface area contributed by atoms with Gasteiger partial charge in [0.15, 0.2) is 4.77 Å². The highest BCUT2D eigenvalue weighted by molar-refractivity contribution is 7.71. The van der Waals surface area contributed by atoms with Crippen LogP contribution in [0.15, 0.2) is 46.3 Å². The second-order valence-electron chi connectivity index (χ2n) is 5.83. The van der Waals surface area contributed by atoms with E-state index in [0.29, 0.717) is 44.0 Å². The predicted molar refractivity (Wildman–Crippen MR) is 108 cm³/mol. The summed E-state index contributed by atoms with van der Waals surface area (Å²) in [6.45, 7) is 4.85. The molecule has 4 rings (SSSR count). The van der Waals surface area contributed by atoms with E-state index in [0.717, 1.165) is 0 Å². The summed E-state index contributed by atoms with van der Waals surface area (Å²) in [6.07, 6.45) is 1.61. The molecule has 0 aliphatic heterocycles. The topological polar surface area (TPSA) is 76.8 Å². The molecule has 0 saturated carbocycles. The lowest BCUT2D eigenvalue weighted by Crippen LogP contribution is -2.22. The summed E-state index contributed by atoms with van der Waals surface area (Å²) in [5.41, 5.74) is 1.52. The van der Waals surface area contributed by atoms with Crippen molar-refractivity contribution in [1.29, 1.82) is 0 Å². The molecule has 0 atom stereocenters. The smallest absolute Gasteiger partial charge is 0.291 e. The van der Waals surface area contributed by atoms with Gasteiger partial charge in [-0.05, 0) is 38.2 Å². The Balaban J connectivity index is 2.22. The van der Waals surface area contributed by atoms with Crippen LogP contribution in [0.25, 0.3) is 21.4 Å². The van der Waals surface area contributed by atoms with Crippen LogP contribution in [0, 0.1) is 4.77 Å². The van der Waals surface area contributed by atoms with Gasteiger partial charge in [-0.15, -0.1) is 11.3 Å². The minimum Gasteiger partial charge on any atom is -0.493 e. The van der Waals surface area contributed by atoms with Gasteiger partial charge in [-0.2, -0.15) is 9.78 Å². The molecule has 27 heavy (non-hydrogen) atoms. The van der Waals surface area contributed by atoms with Crippen LogP contribution < -0.4 is 10.2 Å². The Morgan fingerprint density at radius 1 is 1.26 bits per heavy atom. The highest BCUT2D eigenvalue weighted by Crippen LogP contribution is 2.24.